The third kappa shape index (κ3) is 4.85. The number of aromatic nitrogens is 2. The zero-order valence-corrected chi connectivity index (χ0v) is 16.5. The number of anilines is 2. The van der Waals surface area contributed by atoms with Gasteiger partial charge >= 0.3 is 0 Å². The third-order valence-electron chi connectivity index (χ3n) is 4.90. The minimum atomic E-state index is -0.413. The number of hydrogen-bond acceptors (Lipinski definition) is 6. The molecular weight excluding hydrogens is 373 g/mol. The smallest absolute Gasteiger partial charge is 0.214 e. The van der Waals surface area contributed by atoms with E-state index < -0.39 is 5.95 Å². The molecule has 0 radical (unpaired) electrons. The molecule has 0 bridgehead atoms. The number of hydrogen-bond donors (Lipinski definition) is 1. The Morgan fingerprint density at radius 3 is 2.57 bits per heavy atom. The Hall–Kier alpha value is -2.51. The van der Waals surface area contributed by atoms with Gasteiger partial charge in [-0.1, -0.05) is 36.4 Å². The summed E-state index contributed by atoms with van der Waals surface area (Å²) in [6.45, 7) is 5.69. The van der Waals surface area contributed by atoms with Gasteiger partial charge < -0.3 is 10.2 Å². The standard InChI is InChI=1S/C21H24FN5S/c22-19-8-4-9-20(25-19)27-14-12-26(13-15-27)11-5-10-23-21-24-18(16-28-21)17-6-2-1-3-7-17/h1-4,6-9,16H,5,10-15H2,(H,23,24). The largest absolute Gasteiger partial charge is 0.361 e. The first-order valence-electron chi connectivity index (χ1n) is 9.62. The molecule has 3 heterocycles. The van der Waals surface area contributed by atoms with E-state index in [9.17, 15) is 4.39 Å². The second-order valence-corrected chi connectivity index (χ2v) is 7.69. The molecule has 3 aromatic rings. The molecule has 2 aromatic heterocycles. The molecule has 7 heteroatoms. The van der Waals surface area contributed by atoms with Gasteiger partial charge in [-0.25, -0.2) is 9.97 Å². The van der Waals surface area contributed by atoms with Crippen molar-refractivity contribution in [2.75, 3.05) is 49.5 Å². The molecule has 1 aromatic carbocycles. The van der Waals surface area contributed by atoms with Crippen molar-refractivity contribution >= 4 is 22.3 Å². The Kier molecular flexibility index (Phi) is 6.14. The lowest BCUT2D eigenvalue weighted by atomic mass is 10.2. The Morgan fingerprint density at radius 1 is 0.964 bits per heavy atom. The Morgan fingerprint density at radius 2 is 1.79 bits per heavy atom. The molecule has 0 unspecified atom stereocenters. The summed E-state index contributed by atoms with van der Waals surface area (Å²) in [6, 6.07) is 15.2. The normalized spacial score (nSPS) is 15.0. The Labute approximate surface area is 168 Å². The molecule has 1 aliphatic rings. The highest BCUT2D eigenvalue weighted by Gasteiger charge is 2.17. The van der Waals surface area contributed by atoms with Crippen LogP contribution in [0.3, 0.4) is 0 Å². The lowest BCUT2D eigenvalue weighted by molar-refractivity contribution is 0.256. The number of pyridine rings is 1. The first kappa shape index (κ1) is 18.8. The van der Waals surface area contributed by atoms with E-state index >= 15 is 0 Å². The minimum Gasteiger partial charge on any atom is -0.361 e. The number of rotatable bonds is 7. The van der Waals surface area contributed by atoms with Gasteiger partial charge in [0.25, 0.3) is 0 Å². The average molecular weight is 398 g/mol. The van der Waals surface area contributed by atoms with Crippen LogP contribution in [0.5, 0.6) is 0 Å². The second kappa shape index (κ2) is 9.12. The molecule has 1 aliphatic heterocycles. The summed E-state index contributed by atoms with van der Waals surface area (Å²) in [4.78, 5) is 13.2. The number of benzene rings is 1. The van der Waals surface area contributed by atoms with Crippen LogP contribution in [0.4, 0.5) is 15.3 Å². The molecule has 0 atom stereocenters. The van der Waals surface area contributed by atoms with Gasteiger partial charge in [0.1, 0.15) is 5.82 Å². The van der Waals surface area contributed by atoms with E-state index in [0.29, 0.717) is 0 Å². The number of nitrogens with one attached hydrogen (secondary N) is 1. The Bertz CT molecular complexity index is 877. The maximum Gasteiger partial charge on any atom is 0.214 e. The fourth-order valence-corrected chi connectivity index (χ4v) is 4.12. The van der Waals surface area contributed by atoms with Gasteiger partial charge in [0.15, 0.2) is 5.13 Å². The van der Waals surface area contributed by atoms with Crippen LogP contribution in [0.1, 0.15) is 6.42 Å². The number of halogens is 1. The van der Waals surface area contributed by atoms with E-state index in [-0.39, 0.29) is 0 Å². The van der Waals surface area contributed by atoms with Crippen LogP contribution in [0.2, 0.25) is 0 Å². The summed E-state index contributed by atoms with van der Waals surface area (Å²) < 4.78 is 13.3. The van der Waals surface area contributed by atoms with Crippen molar-refractivity contribution in [3.8, 4) is 11.3 Å². The number of nitrogens with zero attached hydrogens (tertiary/aromatic N) is 4. The lowest BCUT2D eigenvalue weighted by Gasteiger charge is -2.35. The summed E-state index contributed by atoms with van der Waals surface area (Å²) in [5, 5.41) is 6.50. The molecule has 1 fully saturated rings. The summed E-state index contributed by atoms with van der Waals surface area (Å²) in [6.07, 6.45) is 1.07. The molecule has 5 nitrogen and oxygen atoms in total. The van der Waals surface area contributed by atoms with Crippen LogP contribution in [-0.4, -0.2) is 54.1 Å². The fourth-order valence-electron chi connectivity index (χ4n) is 3.37. The number of piperazine rings is 1. The quantitative estimate of drug-likeness (QED) is 0.483. The predicted molar refractivity (Wildman–Crippen MR) is 114 cm³/mol. The second-order valence-electron chi connectivity index (χ2n) is 6.83. The first-order chi connectivity index (χ1) is 13.8. The van der Waals surface area contributed by atoms with Gasteiger partial charge in [-0.2, -0.15) is 4.39 Å². The van der Waals surface area contributed by atoms with Gasteiger partial charge in [0, 0.05) is 43.7 Å². The zero-order chi connectivity index (χ0) is 19.2. The van der Waals surface area contributed by atoms with Gasteiger partial charge in [-0.05, 0) is 25.1 Å². The summed E-state index contributed by atoms with van der Waals surface area (Å²) in [7, 11) is 0. The highest BCUT2D eigenvalue weighted by Crippen LogP contribution is 2.24. The van der Waals surface area contributed by atoms with E-state index in [2.05, 4.69) is 42.6 Å². The molecule has 4 rings (SSSR count). The van der Waals surface area contributed by atoms with Crippen molar-refractivity contribution in [2.24, 2.45) is 0 Å². The van der Waals surface area contributed by atoms with E-state index in [1.807, 2.05) is 24.3 Å². The molecule has 1 N–H and O–H groups in total. The van der Waals surface area contributed by atoms with Gasteiger partial charge in [-0.3, -0.25) is 4.90 Å². The Balaban J connectivity index is 1.17. The fraction of sp³-hybridized carbons (Fsp3) is 0.333. The molecule has 0 aliphatic carbocycles. The zero-order valence-electron chi connectivity index (χ0n) is 15.7. The van der Waals surface area contributed by atoms with E-state index in [1.54, 1.807) is 17.4 Å². The highest BCUT2D eigenvalue weighted by atomic mass is 32.1. The lowest BCUT2D eigenvalue weighted by Crippen LogP contribution is -2.47. The van der Waals surface area contributed by atoms with Crippen LogP contribution in [-0.2, 0) is 0 Å². The van der Waals surface area contributed by atoms with Crippen LogP contribution in [0.15, 0.2) is 53.9 Å². The van der Waals surface area contributed by atoms with Gasteiger partial charge in [-0.15, -0.1) is 11.3 Å². The van der Waals surface area contributed by atoms with Crippen LogP contribution < -0.4 is 10.2 Å². The summed E-state index contributed by atoms with van der Waals surface area (Å²) in [5.74, 6) is 0.322. The summed E-state index contributed by atoms with van der Waals surface area (Å²) in [5.41, 5.74) is 2.17. The maximum atomic E-state index is 13.3. The van der Waals surface area contributed by atoms with Gasteiger partial charge in [0.2, 0.25) is 5.95 Å². The maximum absolute atomic E-state index is 13.3. The monoisotopic (exact) mass is 397 g/mol. The molecule has 1 saturated heterocycles. The molecule has 28 heavy (non-hydrogen) atoms. The third-order valence-corrected chi connectivity index (χ3v) is 5.70. The minimum absolute atomic E-state index is 0.413. The van der Waals surface area contributed by atoms with Gasteiger partial charge in [0.05, 0.1) is 5.69 Å². The first-order valence-corrected chi connectivity index (χ1v) is 10.5. The molecular formula is C21H24FN5S. The molecule has 146 valence electrons. The van der Waals surface area contributed by atoms with E-state index in [0.717, 1.165) is 67.9 Å². The number of thiazole rings is 1. The SMILES string of the molecule is Fc1cccc(N2CCN(CCCNc3nc(-c4ccccc4)cs3)CC2)n1. The van der Waals surface area contributed by atoms with Crippen molar-refractivity contribution < 1.29 is 4.39 Å². The highest BCUT2D eigenvalue weighted by molar-refractivity contribution is 7.14. The van der Waals surface area contributed by atoms with Crippen LogP contribution >= 0.6 is 11.3 Å². The molecule has 0 spiro atoms. The summed E-state index contributed by atoms with van der Waals surface area (Å²) >= 11 is 1.65. The van der Waals surface area contributed by atoms with Crippen LogP contribution in [0, 0.1) is 5.95 Å². The van der Waals surface area contributed by atoms with E-state index in [4.69, 9.17) is 0 Å². The van der Waals surface area contributed by atoms with Crippen molar-refractivity contribution in [2.45, 2.75) is 6.42 Å². The van der Waals surface area contributed by atoms with Crippen molar-refractivity contribution in [3.05, 3.63) is 59.9 Å². The van der Waals surface area contributed by atoms with Crippen LogP contribution in [0.25, 0.3) is 11.3 Å². The molecule has 0 saturated carbocycles. The van der Waals surface area contributed by atoms with E-state index in [1.165, 1.54) is 6.07 Å². The van der Waals surface area contributed by atoms with Crippen molar-refractivity contribution in [3.63, 3.8) is 0 Å². The topological polar surface area (TPSA) is 44.3 Å². The average Bonchev–Trinajstić information content (AvgIpc) is 3.21. The predicted octanol–water partition coefficient (Wildman–Crippen LogP) is 3.97. The van der Waals surface area contributed by atoms with Crippen molar-refractivity contribution in [1.82, 2.24) is 14.9 Å². The molecule has 0 amide bonds. The van der Waals surface area contributed by atoms with Crippen molar-refractivity contribution in [1.29, 1.82) is 0 Å².